The summed E-state index contributed by atoms with van der Waals surface area (Å²) < 4.78 is 1.68. The van der Waals surface area contributed by atoms with Crippen LogP contribution in [0.5, 0.6) is 0 Å². The molecule has 29 heavy (non-hydrogen) atoms. The average molecular weight is 411 g/mol. The molecule has 1 saturated heterocycles. The number of benzene rings is 1. The fraction of sp³-hybridized carbons (Fsp3) is 0.400. The molecule has 1 unspecified atom stereocenters. The zero-order valence-corrected chi connectivity index (χ0v) is 17.0. The van der Waals surface area contributed by atoms with E-state index in [9.17, 15) is 9.59 Å². The summed E-state index contributed by atoms with van der Waals surface area (Å²) in [6.07, 6.45) is 1.70. The average Bonchev–Trinajstić information content (AvgIpc) is 3.46. The van der Waals surface area contributed by atoms with E-state index in [2.05, 4.69) is 15.3 Å². The molecule has 0 saturated carbocycles. The maximum absolute atomic E-state index is 12.8. The van der Waals surface area contributed by atoms with Gasteiger partial charge in [-0.25, -0.2) is 9.97 Å². The van der Waals surface area contributed by atoms with Crippen molar-refractivity contribution in [3.63, 3.8) is 0 Å². The first-order valence-electron chi connectivity index (χ1n) is 9.82. The smallest absolute Gasteiger partial charge is 0.282 e. The SMILES string of the molecule is CN1CCn2c1nc1sc(N3CCCC3C(=O)NCc3ccccc3)nc1c2=O. The van der Waals surface area contributed by atoms with Crippen LogP contribution in [0, 0.1) is 0 Å². The summed E-state index contributed by atoms with van der Waals surface area (Å²) in [5.41, 5.74) is 1.38. The van der Waals surface area contributed by atoms with Crippen LogP contribution in [0.15, 0.2) is 35.1 Å². The Bertz CT molecular complexity index is 1130. The van der Waals surface area contributed by atoms with Gasteiger partial charge in [0.1, 0.15) is 6.04 Å². The quantitative estimate of drug-likeness (QED) is 0.703. The highest BCUT2D eigenvalue weighted by Gasteiger charge is 2.33. The zero-order valence-electron chi connectivity index (χ0n) is 16.2. The van der Waals surface area contributed by atoms with Gasteiger partial charge in [-0.15, -0.1) is 0 Å². The van der Waals surface area contributed by atoms with Crippen molar-refractivity contribution in [2.24, 2.45) is 0 Å². The van der Waals surface area contributed by atoms with Crippen molar-refractivity contribution < 1.29 is 4.79 Å². The number of hydrogen-bond donors (Lipinski definition) is 1. The van der Waals surface area contributed by atoms with E-state index in [1.807, 2.05) is 47.2 Å². The molecule has 0 radical (unpaired) electrons. The number of rotatable bonds is 4. The van der Waals surface area contributed by atoms with Gasteiger partial charge in [0.05, 0.1) is 0 Å². The molecular weight excluding hydrogens is 388 g/mol. The Morgan fingerprint density at radius 1 is 1.21 bits per heavy atom. The van der Waals surface area contributed by atoms with Crippen molar-refractivity contribution in [1.29, 1.82) is 0 Å². The van der Waals surface area contributed by atoms with E-state index in [0.717, 1.165) is 31.5 Å². The monoisotopic (exact) mass is 410 g/mol. The highest BCUT2D eigenvalue weighted by atomic mass is 32.1. The number of anilines is 2. The number of thiazole rings is 1. The van der Waals surface area contributed by atoms with Gasteiger partial charge >= 0.3 is 0 Å². The molecule has 150 valence electrons. The number of amides is 1. The Labute approximate surface area is 171 Å². The molecule has 2 aliphatic rings. The second kappa shape index (κ2) is 7.14. The largest absolute Gasteiger partial charge is 0.350 e. The lowest BCUT2D eigenvalue weighted by molar-refractivity contribution is -0.122. The van der Waals surface area contributed by atoms with Gasteiger partial charge in [0.15, 0.2) is 15.5 Å². The van der Waals surface area contributed by atoms with Gasteiger partial charge < -0.3 is 15.1 Å². The standard InChI is InChI=1S/C20H22N6O2S/c1-24-10-11-26-18(28)15-17(23-19(24)26)29-20(22-15)25-9-5-8-14(25)16(27)21-12-13-6-3-2-4-7-13/h2-4,6-7,14H,5,8-12H2,1H3,(H,21,27). The van der Waals surface area contributed by atoms with Crippen LogP contribution in [0.25, 0.3) is 10.3 Å². The third-order valence-corrected chi connectivity index (χ3v) is 6.59. The number of fused-ring (bicyclic) bond motifs is 2. The molecule has 0 spiro atoms. The molecule has 3 aromatic rings. The molecule has 4 heterocycles. The lowest BCUT2D eigenvalue weighted by Crippen LogP contribution is -2.43. The number of likely N-dealkylation sites (N-methyl/N-ethyl adjacent to an activating group) is 1. The molecule has 1 N–H and O–H groups in total. The topological polar surface area (TPSA) is 83.4 Å². The van der Waals surface area contributed by atoms with Crippen LogP contribution in [-0.4, -0.2) is 46.6 Å². The molecule has 1 atom stereocenters. The molecule has 5 rings (SSSR count). The van der Waals surface area contributed by atoms with E-state index in [-0.39, 0.29) is 17.5 Å². The van der Waals surface area contributed by atoms with Crippen LogP contribution in [0.3, 0.4) is 0 Å². The van der Waals surface area contributed by atoms with Crippen molar-refractivity contribution in [2.75, 3.05) is 29.9 Å². The zero-order chi connectivity index (χ0) is 20.0. The Morgan fingerprint density at radius 2 is 2.03 bits per heavy atom. The molecule has 1 fully saturated rings. The van der Waals surface area contributed by atoms with Crippen molar-refractivity contribution in [2.45, 2.75) is 32.0 Å². The number of aromatic nitrogens is 3. The summed E-state index contributed by atoms with van der Waals surface area (Å²) in [6.45, 7) is 2.67. The van der Waals surface area contributed by atoms with Crippen LogP contribution in [0.1, 0.15) is 18.4 Å². The molecule has 1 aromatic carbocycles. The van der Waals surface area contributed by atoms with E-state index in [4.69, 9.17) is 0 Å². The first-order valence-corrected chi connectivity index (χ1v) is 10.6. The molecule has 2 aromatic heterocycles. The molecule has 9 heteroatoms. The highest BCUT2D eigenvalue weighted by Crippen LogP contribution is 2.32. The molecular formula is C20H22N6O2S. The van der Waals surface area contributed by atoms with Gasteiger partial charge in [-0.1, -0.05) is 41.7 Å². The number of nitrogens with one attached hydrogen (secondary N) is 1. The summed E-state index contributed by atoms with van der Waals surface area (Å²) in [4.78, 5) is 39.5. The van der Waals surface area contributed by atoms with Gasteiger partial charge in [0, 0.05) is 33.2 Å². The van der Waals surface area contributed by atoms with E-state index in [1.165, 1.54) is 11.3 Å². The third kappa shape index (κ3) is 3.15. The highest BCUT2D eigenvalue weighted by molar-refractivity contribution is 7.21. The Morgan fingerprint density at radius 3 is 2.86 bits per heavy atom. The van der Waals surface area contributed by atoms with Gasteiger partial charge in [0.25, 0.3) is 5.56 Å². The van der Waals surface area contributed by atoms with Gasteiger partial charge in [0.2, 0.25) is 11.9 Å². The van der Waals surface area contributed by atoms with Gasteiger partial charge in [-0.3, -0.25) is 14.2 Å². The summed E-state index contributed by atoms with van der Waals surface area (Å²) in [5.74, 6) is 0.689. The second-order valence-electron chi connectivity index (χ2n) is 7.50. The minimum absolute atomic E-state index is 0.00230. The Balaban J connectivity index is 1.39. The van der Waals surface area contributed by atoms with Gasteiger partial charge in [-0.2, -0.15) is 0 Å². The Kier molecular flexibility index (Phi) is 4.46. The normalized spacial score (nSPS) is 18.4. The predicted octanol–water partition coefficient (Wildman–Crippen LogP) is 1.59. The lowest BCUT2D eigenvalue weighted by Gasteiger charge is -2.23. The van der Waals surface area contributed by atoms with Crippen LogP contribution < -0.4 is 20.7 Å². The van der Waals surface area contributed by atoms with E-state index in [1.54, 1.807) is 4.57 Å². The summed E-state index contributed by atoms with van der Waals surface area (Å²) in [7, 11) is 1.94. The fourth-order valence-corrected chi connectivity index (χ4v) is 5.03. The van der Waals surface area contributed by atoms with E-state index < -0.39 is 0 Å². The number of hydrogen-bond acceptors (Lipinski definition) is 7. The minimum Gasteiger partial charge on any atom is -0.350 e. The maximum Gasteiger partial charge on any atom is 0.282 e. The molecule has 0 bridgehead atoms. The summed E-state index contributed by atoms with van der Waals surface area (Å²) in [5, 5.41) is 3.74. The van der Waals surface area contributed by atoms with E-state index >= 15 is 0 Å². The van der Waals surface area contributed by atoms with Crippen molar-refractivity contribution in [3.05, 3.63) is 46.2 Å². The fourth-order valence-electron chi connectivity index (χ4n) is 4.02. The molecule has 2 aliphatic heterocycles. The minimum atomic E-state index is -0.267. The van der Waals surface area contributed by atoms with Crippen LogP contribution in [0.2, 0.25) is 0 Å². The van der Waals surface area contributed by atoms with Crippen molar-refractivity contribution in [3.8, 4) is 0 Å². The van der Waals surface area contributed by atoms with Crippen LogP contribution in [0.4, 0.5) is 11.1 Å². The van der Waals surface area contributed by atoms with Crippen molar-refractivity contribution >= 4 is 38.7 Å². The van der Waals surface area contributed by atoms with Crippen molar-refractivity contribution in [1.82, 2.24) is 19.9 Å². The molecule has 0 aliphatic carbocycles. The first-order chi connectivity index (χ1) is 14.1. The van der Waals surface area contributed by atoms with Crippen LogP contribution >= 0.6 is 11.3 Å². The summed E-state index contributed by atoms with van der Waals surface area (Å²) >= 11 is 1.40. The number of carbonyl (C=O) groups excluding carboxylic acids is 1. The molecule has 8 nitrogen and oxygen atoms in total. The van der Waals surface area contributed by atoms with Gasteiger partial charge in [-0.05, 0) is 18.4 Å². The third-order valence-electron chi connectivity index (χ3n) is 5.60. The second-order valence-corrected chi connectivity index (χ2v) is 8.45. The molecule has 1 amide bonds. The van der Waals surface area contributed by atoms with E-state index in [0.29, 0.717) is 34.5 Å². The Hall–Kier alpha value is -2.94. The predicted molar refractivity (Wildman–Crippen MR) is 114 cm³/mol. The lowest BCUT2D eigenvalue weighted by atomic mass is 10.2. The number of nitrogens with zero attached hydrogens (tertiary/aromatic N) is 5. The summed E-state index contributed by atoms with van der Waals surface area (Å²) in [6, 6.07) is 9.61. The maximum atomic E-state index is 12.8. The number of carbonyl (C=O) groups is 1. The first kappa shape index (κ1) is 18.1. The van der Waals surface area contributed by atoms with Crippen LogP contribution in [-0.2, 0) is 17.9 Å².